The van der Waals surface area contributed by atoms with E-state index in [-0.39, 0.29) is 24.3 Å². The molecule has 0 radical (unpaired) electrons. The largest absolute Gasteiger partial charge is 0.383 e. The summed E-state index contributed by atoms with van der Waals surface area (Å²) in [6, 6.07) is 21.7. The number of carbonyl (C=O) groups excluding carboxylic acids is 2. The van der Waals surface area contributed by atoms with Crippen molar-refractivity contribution in [2.45, 2.75) is 19.1 Å². The molecule has 11 heteroatoms. The van der Waals surface area contributed by atoms with Crippen LogP contribution in [-0.2, 0) is 17.8 Å². The molecule has 4 aromatic carbocycles. The van der Waals surface area contributed by atoms with Crippen LogP contribution in [0.5, 0.6) is 0 Å². The number of nitrogens with zero attached hydrogens (tertiary/aromatic N) is 1. The van der Waals surface area contributed by atoms with Gasteiger partial charge in [0.1, 0.15) is 11.7 Å². The van der Waals surface area contributed by atoms with Crippen molar-refractivity contribution in [3.8, 4) is 0 Å². The van der Waals surface area contributed by atoms with Crippen LogP contribution in [0, 0.1) is 32.7 Å². The molecule has 0 saturated heterocycles. The first-order valence-electron chi connectivity index (χ1n) is 11.8. The number of benzene rings is 4. The van der Waals surface area contributed by atoms with E-state index in [1.54, 1.807) is 60.7 Å². The molecule has 0 saturated carbocycles. The Labute approximate surface area is 239 Å². The van der Waals surface area contributed by atoms with E-state index in [0.717, 1.165) is 0 Å². The van der Waals surface area contributed by atoms with E-state index in [1.807, 2.05) is 22.6 Å². The van der Waals surface area contributed by atoms with Crippen LogP contribution in [0.15, 0.2) is 78.9 Å². The Morgan fingerprint density at radius 3 is 1.88 bits per heavy atom. The monoisotopic (exact) mass is 666 g/mol. The van der Waals surface area contributed by atoms with Crippen molar-refractivity contribution in [1.29, 1.82) is 0 Å². The third-order valence-corrected chi connectivity index (χ3v) is 6.61. The number of aliphatic hydroxyl groups excluding tert-OH is 1. The Hall–Kier alpha value is -3.84. The van der Waals surface area contributed by atoms with Crippen LogP contribution in [0.2, 0.25) is 0 Å². The molecule has 2 N–H and O–H groups in total. The lowest BCUT2D eigenvalue weighted by molar-refractivity contribution is -0.126. The Morgan fingerprint density at radius 1 is 0.775 bits per heavy atom. The number of carbonyl (C=O) groups is 2. The molecule has 0 aliphatic rings. The third-order valence-electron chi connectivity index (χ3n) is 5.94. The molecule has 1 atom stereocenters. The molecule has 4 rings (SSSR count). The Morgan fingerprint density at radius 2 is 1.30 bits per heavy atom. The maximum absolute atomic E-state index is 14.3. The maximum Gasteiger partial charge on any atom is 0.261 e. The second-order valence-corrected chi connectivity index (χ2v) is 9.92. The molecule has 40 heavy (non-hydrogen) atoms. The van der Waals surface area contributed by atoms with Crippen molar-refractivity contribution in [3.63, 3.8) is 0 Å². The summed E-state index contributed by atoms with van der Waals surface area (Å²) in [6.07, 6.45) is -1.54. The topological polar surface area (TPSA) is 69.6 Å². The quantitative estimate of drug-likeness (QED) is 0.0994. The van der Waals surface area contributed by atoms with Crippen LogP contribution in [0.1, 0.15) is 21.5 Å². The molecule has 4 aromatic rings. The molecule has 0 aliphatic heterocycles. The lowest BCUT2D eigenvalue weighted by Gasteiger charge is -2.28. The summed E-state index contributed by atoms with van der Waals surface area (Å²) < 4.78 is 70.3. The van der Waals surface area contributed by atoms with Gasteiger partial charge >= 0.3 is 0 Å². The van der Waals surface area contributed by atoms with Crippen molar-refractivity contribution in [2.24, 2.45) is 0 Å². The van der Waals surface area contributed by atoms with E-state index in [0.29, 0.717) is 14.7 Å². The minimum Gasteiger partial charge on any atom is -0.383 e. The number of nitrogens with one attached hydrogen (secondary N) is 1. The standard InChI is InChI=1S/C29H20F5IN2O3/c30-23-22(24(31)26(33)27(34)25(23)32)28(39)36-19-12-11-18(35)14-20(19)37(15-17-9-5-2-6-10-17)29(40)21(38)13-16-7-3-1-4-8-16/h1-12,14,21,38H,13,15H2,(H,36,39). The van der Waals surface area contributed by atoms with Gasteiger partial charge in [0.25, 0.3) is 11.8 Å². The second kappa shape index (κ2) is 12.6. The predicted molar refractivity (Wildman–Crippen MR) is 147 cm³/mol. The Balaban J connectivity index is 1.75. The minimum atomic E-state index is -2.39. The number of rotatable bonds is 8. The van der Waals surface area contributed by atoms with Crippen molar-refractivity contribution in [3.05, 3.63) is 128 Å². The maximum atomic E-state index is 14.3. The van der Waals surface area contributed by atoms with Gasteiger partial charge in [-0.05, 0) is 51.9 Å². The summed E-state index contributed by atoms with van der Waals surface area (Å²) >= 11 is 1.94. The van der Waals surface area contributed by atoms with Gasteiger partial charge in [-0.2, -0.15) is 0 Å². The number of aliphatic hydroxyl groups is 1. The average Bonchev–Trinajstić information content (AvgIpc) is 2.95. The van der Waals surface area contributed by atoms with Gasteiger partial charge in [-0.25, -0.2) is 22.0 Å². The summed E-state index contributed by atoms with van der Waals surface area (Å²) in [4.78, 5) is 27.6. The summed E-state index contributed by atoms with van der Waals surface area (Å²) in [6.45, 7) is -0.0724. The van der Waals surface area contributed by atoms with Crippen LogP contribution in [-0.4, -0.2) is 23.0 Å². The van der Waals surface area contributed by atoms with Crippen molar-refractivity contribution in [2.75, 3.05) is 10.2 Å². The minimum absolute atomic E-state index is 0.0266. The van der Waals surface area contributed by atoms with E-state index in [9.17, 15) is 36.6 Å². The third kappa shape index (κ3) is 6.31. The zero-order valence-corrected chi connectivity index (χ0v) is 22.6. The fourth-order valence-corrected chi connectivity index (χ4v) is 4.45. The van der Waals surface area contributed by atoms with Crippen molar-refractivity contribution >= 4 is 45.8 Å². The van der Waals surface area contributed by atoms with Gasteiger partial charge in [-0.1, -0.05) is 60.7 Å². The molecule has 0 aliphatic carbocycles. The Kier molecular flexibility index (Phi) is 9.15. The van der Waals surface area contributed by atoms with Gasteiger partial charge in [-0.3, -0.25) is 9.59 Å². The van der Waals surface area contributed by atoms with Gasteiger partial charge in [0, 0.05) is 9.99 Å². The van der Waals surface area contributed by atoms with Crippen LogP contribution >= 0.6 is 22.6 Å². The number of anilines is 2. The SMILES string of the molecule is O=C(Nc1ccc(I)cc1N(Cc1ccccc1)C(=O)C(O)Cc1ccccc1)c1c(F)c(F)c(F)c(F)c1F. The van der Waals surface area contributed by atoms with E-state index in [4.69, 9.17) is 0 Å². The van der Waals surface area contributed by atoms with E-state index in [2.05, 4.69) is 5.32 Å². The van der Waals surface area contributed by atoms with E-state index in [1.165, 1.54) is 23.1 Å². The molecular formula is C29H20F5IN2O3. The highest BCUT2D eigenvalue weighted by molar-refractivity contribution is 14.1. The first-order valence-corrected chi connectivity index (χ1v) is 12.9. The molecule has 0 bridgehead atoms. The summed E-state index contributed by atoms with van der Waals surface area (Å²) in [5.74, 6) is -13.9. The highest BCUT2D eigenvalue weighted by Gasteiger charge is 2.31. The van der Waals surface area contributed by atoms with Crippen molar-refractivity contribution in [1.82, 2.24) is 0 Å². The molecule has 0 aromatic heterocycles. The zero-order chi connectivity index (χ0) is 29.0. The lowest BCUT2D eigenvalue weighted by Crippen LogP contribution is -2.40. The predicted octanol–water partition coefficient (Wildman–Crippen LogP) is 6.38. The fourth-order valence-electron chi connectivity index (χ4n) is 3.98. The summed E-state index contributed by atoms with van der Waals surface area (Å²) in [5, 5.41) is 13.0. The van der Waals surface area contributed by atoms with Gasteiger partial charge in [0.05, 0.1) is 17.9 Å². The van der Waals surface area contributed by atoms with Gasteiger partial charge < -0.3 is 15.3 Å². The van der Waals surface area contributed by atoms with Crippen LogP contribution in [0.3, 0.4) is 0 Å². The molecule has 206 valence electrons. The van der Waals surface area contributed by atoms with Gasteiger partial charge in [0.2, 0.25) is 5.82 Å². The van der Waals surface area contributed by atoms with E-state index < -0.39 is 52.6 Å². The van der Waals surface area contributed by atoms with Gasteiger partial charge in [-0.15, -0.1) is 0 Å². The molecule has 0 spiro atoms. The molecule has 1 unspecified atom stereocenters. The highest BCUT2D eigenvalue weighted by Crippen LogP contribution is 2.32. The highest BCUT2D eigenvalue weighted by atomic mass is 127. The second-order valence-electron chi connectivity index (χ2n) is 8.68. The molecule has 0 fully saturated rings. The smallest absolute Gasteiger partial charge is 0.261 e. The normalized spacial score (nSPS) is 11.7. The average molecular weight is 666 g/mol. The first-order chi connectivity index (χ1) is 19.1. The Bertz CT molecular complexity index is 1530. The number of hydrogen-bond acceptors (Lipinski definition) is 3. The van der Waals surface area contributed by atoms with Crippen molar-refractivity contribution < 1.29 is 36.6 Å². The summed E-state index contributed by atoms with van der Waals surface area (Å²) in [7, 11) is 0. The zero-order valence-electron chi connectivity index (χ0n) is 20.5. The molecular weight excluding hydrogens is 646 g/mol. The van der Waals surface area contributed by atoms with Crippen LogP contribution in [0.25, 0.3) is 0 Å². The molecule has 0 heterocycles. The molecule has 2 amide bonds. The summed E-state index contributed by atoms with van der Waals surface area (Å²) in [5.41, 5.74) is -0.467. The number of halogens is 6. The van der Waals surface area contributed by atoms with Gasteiger partial charge in [0.15, 0.2) is 23.3 Å². The number of hydrogen-bond donors (Lipinski definition) is 2. The van der Waals surface area contributed by atoms with E-state index >= 15 is 0 Å². The lowest BCUT2D eigenvalue weighted by atomic mass is 10.1. The fraction of sp³-hybridized carbons (Fsp3) is 0.103. The molecule has 5 nitrogen and oxygen atoms in total. The first kappa shape index (κ1) is 29.2. The van der Waals surface area contributed by atoms with Crippen LogP contribution in [0.4, 0.5) is 33.3 Å². The number of amides is 2. The van der Waals surface area contributed by atoms with Crippen LogP contribution < -0.4 is 10.2 Å².